The number of nitrogens with two attached hydrogens (primary N) is 1. The molecule has 0 bridgehead atoms. The van der Waals surface area contributed by atoms with Crippen molar-refractivity contribution in [2.75, 3.05) is 26.6 Å². The van der Waals surface area contributed by atoms with Crippen LogP contribution in [0, 0.1) is 22.7 Å². The third-order valence-electron chi connectivity index (χ3n) is 3.56. The lowest BCUT2D eigenvalue weighted by molar-refractivity contribution is -0.142. The summed E-state index contributed by atoms with van der Waals surface area (Å²) in [5, 5.41) is 18.8. The normalized spacial score (nSPS) is 9.81. The summed E-state index contributed by atoms with van der Waals surface area (Å²) >= 11 is 3.32. The lowest BCUT2D eigenvalue weighted by atomic mass is 9.96. The Hall–Kier alpha value is -3.50. The number of carbonyl (C=O) groups is 1. The predicted molar refractivity (Wildman–Crippen MR) is 98.1 cm³/mol. The number of methoxy groups -OCH3 is 2. The number of esters is 1. The van der Waals surface area contributed by atoms with Gasteiger partial charge in [-0.1, -0.05) is 15.9 Å². The average Bonchev–Trinajstić information content (AvgIpc) is 2.65. The number of rotatable bonds is 5. The number of anilines is 1. The van der Waals surface area contributed by atoms with Crippen LogP contribution in [-0.4, -0.2) is 31.8 Å². The second-order valence-electron chi connectivity index (χ2n) is 5.06. The fourth-order valence-electron chi connectivity index (χ4n) is 2.31. The average molecular weight is 433 g/mol. The van der Waals surface area contributed by atoms with Crippen molar-refractivity contribution in [3.63, 3.8) is 0 Å². The fraction of sp³-hybridized carbons (Fsp3) is 0.176. The Morgan fingerprint density at radius 3 is 2.44 bits per heavy atom. The van der Waals surface area contributed by atoms with Gasteiger partial charge in [-0.25, -0.2) is 4.79 Å². The predicted octanol–water partition coefficient (Wildman–Crippen LogP) is 1.69. The van der Waals surface area contributed by atoms with E-state index in [2.05, 4.69) is 25.7 Å². The summed E-state index contributed by atoms with van der Waals surface area (Å²) < 4.78 is 15.5. The van der Waals surface area contributed by atoms with Crippen molar-refractivity contribution in [3.05, 3.63) is 38.1 Å². The number of ether oxygens (including phenoxy) is 3. The molecule has 10 heteroatoms. The lowest BCUT2D eigenvalue weighted by Crippen LogP contribution is -2.16. The Bertz CT molecular complexity index is 1050. The molecule has 0 unspecified atom stereocenters. The molecule has 138 valence electrons. The van der Waals surface area contributed by atoms with E-state index in [4.69, 9.17) is 15.2 Å². The van der Waals surface area contributed by atoms with Crippen LogP contribution >= 0.6 is 15.9 Å². The summed E-state index contributed by atoms with van der Waals surface area (Å²) in [6, 6.07) is 6.63. The number of pyridine rings is 1. The van der Waals surface area contributed by atoms with Gasteiger partial charge in [-0.05, 0) is 12.1 Å². The number of halogens is 1. The number of nitriles is 2. The molecule has 2 rings (SSSR count). The minimum atomic E-state index is -0.721. The van der Waals surface area contributed by atoms with Crippen molar-refractivity contribution >= 4 is 27.7 Å². The number of nitrogens with one attached hydrogen (secondary N) is 1. The van der Waals surface area contributed by atoms with Gasteiger partial charge in [-0.15, -0.1) is 0 Å². The van der Waals surface area contributed by atoms with Crippen LogP contribution in [0.1, 0.15) is 11.1 Å². The molecular weight excluding hydrogens is 420 g/mol. The number of H-pyrrole nitrogens is 1. The van der Waals surface area contributed by atoms with Crippen molar-refractivity contribution in [1.82, 2.24) is 4.98 Å². The highest BCUT2D eigenvalue weighted by Gasteiger charge is 2.22. The van der Waals surface area contributed by atoms with Crippen LogP contribution < -0.4 is 20.8 Å². The van der Waals surface area contributed by atoms with Gasteiger partial charge in [0.2, 0.25) is 0 Å². The molecule has 0 atom stereocenters. The minimum Gasteiger partial charge on any atom is -0.493 e. The molecule has 0 fully saturated rings. The van der Waals surface area contributed by atoms with E-state index in [0.29, 0.717) is 10.0 Å². The first-order valence-corrected chi connectivity index (χ1v) is 8.10. The first kappa shape index (κ1) is 19.8. The van der Waals surface area contributed by atoms with Crippen LogP contribution in [0.15, 0.2) is 21.4 Å². The molecule has 0 saturated carbocycles. The SMILES string of the molecule is COC(=O)COc1cc(Br)c(-c2c(C#N)c(N)[nH]c(=O)c2C#N)cc1OC. The number of aromatic amines is 1. The molecule has 0 amide bonds. The van der Waals surface area contributed by atoms with E-state index in [1.54, 1.807) is 6.07 Å². The maximum absolute atomic E-state index is 12.1. The van der Waals surface area contributed by atoms with Crippen molar-refractivity contribution in [1.29, 1.82) is 10.5 Å². The van der Waals surface area contributed by atoms with Crippen LogP contribution in [0.25, 0.3) is 11.1 Å². The summed E-state index contributed by atoms with van der Waals surface area (Å²) in [5.41, 5.74) is 5.06. The zero-order valence-corrected chi connectivity index (χ0v) is 15.8. The summed E-state index contributed by atoms with van der Waals surface area (Å²) in [7, 11) is 2.60. The number of nitrogens with zero attached hydrogens (tertiary/aromatic N) is 2. The van der Waals surface area contributed by atoms with Gasteiger partial charge in [-0.3, -0.25) is 4.79 Å². The van der Waals surface area contributed by atoms with E-state index < -0.39 is 11.5 Å². The highest BCUT2D eigenvalue weighted by Crippen LogP contribution is 2.41. The Morgan fingerprint density at radius 2 is 1.89 bits per heavy atom. The lowest BCUT2D eigenvalue weighted by Gasteiger charge is -2.15. The van der Waals surface area contributed by atoms with Crippen molar-refractivity contribution in [2.24, 2.45) is 0 Å². The Labute approximate surface area is 162 Å². The van der Waals surface area contributed by atoms with Crippen LogP contribution in [-0.2, 0) is 9.53 Å². The van der Waals surface area contributed by atoms with Gasteiger partial charge in [0, 0.05) is 15.6 Å². The van der Waals surface area contributed by atoms with Crippen LogP contribution in [0.3, 0.4) is 0 Å². The topological polar surface area (TPSA) is 151 Å². The second-order valence-corrected chi connectivity index (χ2v) is 5.92. The number of hydrogen-bond donors (Lipinski definition) is 2. The molecule has 1 heterocycles. The monoisotopic (exact) mass is 432 g/mol. The van der Waals surface area contributed by atoms with Gasteiger partial charge < -0.3 is 24.9 Å². The quantitative estimate of drug-likeness (QED) is 0.676. The van der Waals surface area contributed by atoms with E-state index in [9.17, 15) is 20.1 Å². The maximum Gasteiger partial charge on any atom is 0.343 e. The summed E-state index contributed by atoms with van der Waals surface area (Å²) in [5.74, 6) is -0.316. The standard InChI is InChI=1S/C17H13BrN4O5/c1-25-12-3-8(11(18)4-13(12)27-7-14(23)26-2)15-9(5-19)16(21)22-17(24)10(15)6-20/h3-4H,7H2,1-2H3,(H3,21,22,24). The van der Waals surface area contributed by atoms with Gasteiger partial charge in [0.05, 0.1) is 14.2 Å². The van der Waals surface area contributed by atoms with Gasteiger partial charge in [0.15, 0.2) is 18.1 Å². The largest absolute Gasteiger partial charge is 0.493 e. The highest BCUT2D eigenvalue weighted by molar-refractivity contribution is 9.10. The minimum absolute atomic E-state index is 0.0582. The molecule has 0 spiro atoms. The molecule has 0 aliphatic rings. The Balaban J connectivity index is 2.72. The number of hydrogen-bond acceptors (Lipinski definition) is 8. The van der Waals surface area contributed by atoms with Gasteiger partial charge in [0.1, 0.15) is 29.1 Å². The third kappa shape index (κ3) is 3.86. The Morgan fingerprint density at radius 1 is 1.22 bits per heavy atom. The molecule has 0 aliphatic carbocycles. The van der Waals surface area contributed by atoms with Crippen LogP contribution in [0.5, 0.6) is 11.5 Å². The fourth-order valence-corrected chi connectivity index (χ4v) is 2.83. The van der Waals surface area contributed by atoms with E-state index in [-0.39, 0.29) is 40.6 Å². The zero-order valence-electron chi connectivity index (χ0n) is 14.3. The molecule has 1 aromatic carbocycles. The van der Waals surface area contributed by atoms with Crippen LogP contribution in [0.4, 0.5) is 5.82 Å². The molecular formula is C17H13BrN4O5. The van der Waals surface area contributed by atoms with Gasteiger partial charge in [0.25, 0.3) is 5.56 Å². The zero-order chi connectivity index (χ0) is 20.1. The Kier molecular flexibility index (Phi) is 6.06. The number of carbonyl (C=O) groups excluding carboxylic acids is 1. The number of aromatic nitrogens is 1. The molecule has 0 aliphatic heterocycles. The number of benzene rings is 1. The molecule has 2 aromatic rings. The molecule has 0 saturated heterocycles. The van der Waals surface area contributed by atoms with Crippen molar-refractivity contribution in [3.8, 4) is 34.8 Å². The van der Waals surface area contributed by atoms with Gasteiger partial charge in [-0.2, -0.15) is 10.5 Å². The van der Waals surface area contributed by atoms with E-state index in [1.807, 2.05) is 6.07 Å². The third-order valence-corrected chi connectivity index (χ3v) is 4.22. The first-order valence-electron chi connectivity index (χ1n) is 7.31. The highest BCUT2D eigenvalue weighted by atomic mass is 79.9. The van der Waals surface area contributed by atoms with E-state index >= 15 is 0 Å². The smallest absolute Gasteiger partial charge is 0.343 e. The number of nitrogen functional groups attached to an aromatic ring is 1. The van der Waals surface area contributed by atoms with E-state index in [1.165, 1.54) is 26.4 Å². The molecule has 0 radical (unpaired) electrons. The van der Waals surface area contributed by atoms with Crippen LogP contribution in [0.2, 0.25) is 0 Å². The molecule has 1 aromatic heterocycles. The molecule has 27 heavy (non-hydrogen) atoms. The molecule has 3 N–H and O–H groups in total. The molecule has 9 nitrogen and oxygen atoms in total. The maximum atomic E-state index is 12.1. The summed E-state index contributed by atoms with van der Waals surface area (Å²) in [4.78, 5) is 25.6. The van der Waals surface area contributed by atoms with Crippen molar-refractivity contribution in [2.45, 2.75) is 0 Å². The van der Waals surface area contributed by atoms with Crippen molar-refractivity contribution < 1.29 is 19.0 Å². The van der Waals surface area contributed by atoms with E-state index in [0.717, 1.165) is 0 Å². The summed E-state index contributed by atoms with van der Waals surface area (Å²) in [6.07, 6.45) is 0. The first-order chi connectivity index (χ1) is 12.9. The van der Waals surface area contributed by atoms with Gasteiger partial charge >= 0.3 is 5.97 Å². The second kappa shape index (κ2) is 8.25. The summed E-state index contributed by atoms with van der Waals surface area (Å²) in [6.45, 7) is -0.344.